The van der Waals surface area contributed by atoms with E-state index < -0.39 is 0 Å². The van der Waals surface area contributed by atoms with Crippen molar-refractivity contribution >= 4 is 5.97 Å². The zero-order valence-corrected chi connectivity index (χ0v) is 12.0. The molecule has 0 aliphatic rings. The molecule has 0 amide bonds. The molecule has 0 heterocycles. The molecule has 0 saturated heterocycles. The predicted molar refractivity (Wildman–Crippen MR) is 78.2 cm³/mol. The van der Waals surface area contributed by atoms with Crippen molar-refractivity contribution in [1.29, 1.82) is 0 Å². The number of nitrogens with one attached hydrogen (secondary N) is 1. The summed E-state index contributed by atoms with van der Waals surface area (Å²) in [6.45, 7) is 4.25. The van der Waals surface area contributed by atoms with Gasteiger partial charge in [0.25, 0.3) is 0 Å². The van der Waals surface area contributed by atoms with Gasteiger partial charge in [0.2, 0.25) is 0 Å². The van der Waals surface area contributed by atoms with E-state index in [-0.39, 0.29) is 5.97 Å². The van der Waals surface area contributed by atoms with Gasteiger partial charge in [-0.05, 0) is 43.8 Å². The van der Waals surface area contributed by atoms with E-state index in [1.807, 2.05) is 0 Å². The van der Waals surface area contributed by atoms with Crippen molar-refractivity contribution in [3.63, 3.8) is 0 Å². The second kappa shape index (κ2) is 9.56. The van der Waals surface area contributed by atoms with Crippen LogP contribution < -0.4 is 5.32 Å². The van der Waals surface area contributed by atoms with Gasteiger partial charge < -0.3 is 10.1 Å². The van der Waals surface area contributed by atoms with Gasteiger partial charge in [-0.15, -0.1) is 0 Å². The first-order chi connectivity index (χ1) is 9.24. The lowest BCUT2D eigenvalue weighted by Crippen LogP contribution is -2.18. The Bertz CT molecular complexity index is 351. The standard InChI is InChI=1S/C16H25NO2/c1-14(15-8-4-3-5-9-15)11-13-17-12-7-6-10-16(18)19-2/h3-5,8-9,14,17H,6-7,10-13H2,1-2H3. The topological polar surface area (TPSA) is 38.3 Å². The Morgan fingerprint density at radius 2 is 1.95 bits per heavy atom. The average Bonchev–Trinajstić information content (AvgIpc) is 2.46. The van der Waals surface area contributed by atoms with Crippen molar-refractivity contribution in [3.8, 4) is 0 Å². The van der Waals surface area contributed by atoms with Gasteiger partial charge in [-0.2, -0.15) is 0 Å². The first-order valence-corrected chi connectivity index (χ1v) is 7.06. The molecule has 0 radical (unpaired) electrons. The van der Waals surface area contributed by atoms with Crippen molar-refractivity contribution in [2.75, 3.05) is 20.2 Å². The van der Waals surface area contributed by atoms with Crippen LogP contribution in [0.3, 0.4) is 0 Å². The van der Waals surface area contributed by atoms with Crippen LogP contribution in [-0.2, 0) is 9.53 Å². The lowest BCUT2D eigenvalue weighted by Gasteiger charge is -2.12. The van der Waals surface area contributed by atoms with Gasteiger partial charge in [0.1, 0.15) is 0 Å². The van der Waals surface area contributed by atoms with Crippen LogP contribution in [0.4, 0.5) is 0 Å². The van der Waals surface area contributed by atoms with Gasteiger partial charge in [-0.3, -0.25) is 4.79 Å². The molecule has 0 bridgehead atoms. The molecular weight excluding hydrogens is 238 g/mol. The van der Waals surface area contributed by atoms with Crippen LogP contribution in [0.15, 0.2) is 30.3 Å². The monoisotopic (exact) mass is 263 g/mol. The molecule has 0 aliphatic heterocycles. The summed E-state index contributed by atoms with van der Waals surface area (Å²) in [5, 5.41) is 3.43. The van der Waals surface area contributed by atoms with E-state index in [0.29, 0.717) is 12.3 Å². The van der Waals surface area contributed by atoms with E-state index in [0.717, 1.165) is 32.4 Å². The van der Waals surface area contributed by atoms with Crippen molar-refractivity contribution in [1.82, 2.24) is 5.32 Å². The summed E-state index contributed by atoms with van der Waals surface area (Å²) in [6.07, 6.45) is 3.59. The first kappa shape index (κ1) is 15.7. The molecule has 0 aliphatic carbocycles. The van der Waals surface area contributed by atoms with Crippen LogP contribution in [-0.4, -0.2) is 26.2 Å². The number of hydrogen-bond donors (Lipinski definition) is 1. The average molecular weight is 263 g/mol. The lowest BCUT2D eigenvalue weighted by molar-refractivity contribution is -0.140. The number of rotatable bonds is 9. The Balaban J connectivity index is 2.00. The largest absolute Gasteiger partial charge is 0.469 e. The number of benzene rings is 1. The highest BCUT2D eigenvalue weighted by Gasteiger charge is 2.04. The molecule has 1 aromatic carbocycles. The summed E-state index contributed by atoms with van der Waals surface area (Å²) in [5.74, 6) is 0.474. The number of carbonyl (C=O) groups excluding carboxylic acids is 1. The molecule has 3 heteroatoms. The minimum atomic E-state index is -0.113. The van der Waals surface area contributed by atoms with Gasteiger partial charge in [-0.25, -0.2) is 0 Å². The smallest absolute Gasteiger partial charge is 0.305 e. The summed E-state index contributed by atoms with van der Waals surface area (Å²) in [4.78, 5) is 10.9. The molecule has 106 valence electrons. The molecule has 1 atom stereocenters. The molecular formula is C16H25NO2. The van der Waals surface area contributed by atoms with Gasteiger partial charge in [0.15, 0.2) is 0 Å². The van der Waals surface area contributed by atoms with Crippen molar-refractivity contribution in [2.24, 2.45) is 0 Å². The fourth-order valence-corrected chi connectivity index (χ4v) is 2.01. The van der Waals surface area contributed by atoms with E-state index in [1.165, 1.54) is 12.7 Å². The predicted octanol–water partition coefficient (Wildman–Crippen LogP) is 3.11. The highest BCUT2D eigenvalue weighted by Crippen LogP contribution is 2.17. The quantitative estimate of drug-likeness (QED) is 0.549. The van der Waals surface area contributed by atoms with E-state index in [1.54, 1.807) is 0 Å². The van der Waals surface area contributed by atoms with Gasteiger partial charge in [-0.1, -0.05) is 37.3 Å². The number of esters is 1. The van der Waals surface area contributed by atoms with Crippen LogP contribution in [0.5, 0.6) is 0 Å². The lowest BCUT2D eigenvalue weighted by atomic mass is 9.98. The maximum absolute atomic E-state index is 10.9. The third-order valence-electron chi connectivity index (χ3n) is 3.33. The second-order valence-corrected chi connectivity index (χ2v) is 4.88. The summed E-state index contributed by atoms with van der Waals surface area (Å²) in [6, 6.07) is 10.6. The van der Waals surface area contributed by atoms with Crippen LogP contribution >= 0.6 is 0 Å². The highest BCUT2D eigenvalue weighted by molar-refractivity contribution is 5.68. The van der Waals surface area contributed by atoms with Crippen molar-refractivity contribution in [2.45, 2.75) is 38.5 Å². The third-order valence-corrected chi connectivity index (χ3v) is 3.33. The van der Waals surface area contributed by atoms with Crippen LogP contribution in [0, 0.1) is 0 Å². The minimum absolute atomic E-state index is 0.113. The SMILES string of the molecule is COC(=O)CCCCNCCC(C)c1ccccc1. The Morgan fingerprint density at radius 1 is 1.21 bits per heavy atom. The molecule has 19 heavy (non-hydrogen) atoms. The summed E-state index contributed by atoms with van der Waals surface area (Å²) in [5.41, 5.74) is 1.40. The molecule has 0 fully saturated rings. The zero-order chi connectivity index (χ0) is 13.9. The summed E-state index contributed by atoms with van der Waals surface area (Å²) in [7, 11) is 1.44. The third kappa shape index (κ3) is 6.97. The fourth-order valence-electron chi connectivity index (χ4n) is 2.01. The Hall–Kier alpha value is -1.35. The van der Waals surface area contributed by atoms with E-state index in [4.69, 9.17) is 0 Å². The maximum atomic E-state index is 10.9. The highest BCUT2D eigenvalue weighted by atomic mass is 16.5. The van der Waals surface area contributed by atoms with Crippen LogP contribution in [0.1, 0.15) is 44.1 Å². The van der Waals surface area contributed by atoms with Crippen LogP contribution in [0.2, 0.25) is 0 Å². The van der Waals surface area contributed by atoms with Gasteiger partial charge in [0.05, 0.1) is 7.11 Å². The van der Waals surface area contributed by atoms with E-state index in [9.17, 15) is 4.79 Å². The van der Waals surface area contributed by atoms with Crippen molar-refractivity contribution < 1.29 is 9.53 Å². The number of carbonyl (C=O) groups is 1. The normalized spacial score (nSPS) is 12.1. The number of unbranched alkanes of at least 4 members (excludes halogenated alkanes) is 1. The molecule has 1 unspecified atom stereocenters. The first-order valence-electron chi connectivity index (χ1n) is 7.06. The van der Waals surface area contributed by atoms with Crippen LogP contribution in [0.25, 0.3) is 0 Å². The molecule has 3 nitrogen and oxygen atoms in total. The number of hydrogen-bond acceptors (Lipinski definition) is 3. The van der Waals surface area contributed by atoms with Gasteiger partial charge in [0, 0.05) is 6.42 Å². The molecule has 0 aromatic heterocycles. The Kier molecular flexibility index (Phi) is 7.91. The summed E-state index contributed by atoms with van der Waals surface area (Å²) >= 11 is 0. The maximum Gasteiger partial charge on any atom is 0.305 e. The second-order valence-electron chi connectivity index (χ2n) is 4.88. The molecule has 1 aromatic rings. The Labute approximate surface area is 116 Å². The van der Waals surface area contributed by atoms with E-state index >= 15 is 0 Å². The minimum Gasteiger partial charge on any atom is -0.469 e. The van der Waals surface area contributed by atoms with Gasteiger partial charge >= 0.3 is 5.97 Å². The zero-order valence-electron chi connectivity index (χ0n) is 12.0. The number of ether oxygens (including phenoxy) is 1. The number of methoxy groups -OCH3 is 1. The summed E-state index contributed by atoms with van der Waals surface area (Å²) < 4.78 is 4.60. The molecule has 0 saturated carbocycles. The molecule has 0 spiro atoms. The Morgan fingerprint density at radius 3 is 2.63 bits per heavy atom. The van der Waals surface area contributed by atoms with Crippen molar-refractivity contribution in [3.05, 3.63) is 35.9 Å². The molecule has 1 N–H and O–H groups in total. The fraction of sp³-hybridized carbons (Fsp3) is 0.562. The van der Waals surface area contributed by atoms with E-state index in [2.05, 4.69) is 47.3 Å². The molecule has 1 rings (SSSR count).